The largest absolute Gasteiger partial charge is 0.485 e. The van der Waals surface area contributed by atoms with Crippen LogP contribution in [0.15, 0.2) is 18.2 Å². The molecular weight excluding hydrogens is 268 g/mol. The third kappa shape index (κ3) is 1.94. The number of halogens is 1. The summed E-state index contributed by atoms with van der Waals surface area (Å²) in [6.07, 6.45) is 2.56. The average Bonchev–Trinajstić information content (AvgIpc) is 2.34. The second-order valence-electron chi connectivity index (χ2n) is 5.02. The van der Waals surface area contributed by atoms with Gasteiger partial charge in [0.1, 0.15) is 11.4 Å². The van der Waals surface area contributed by atoms with Crippen molar-refractivity contribution in [3.8, 4) is 5.75 Å². The van der Waals surface area contributed by atoms with Crippen molar-refractivity contribution < 1.29 is 9.53 Å². The predicted octanol–water partition coefficient (Wildman–Crippen LogP) is 3.96. The summed E-state index contributed by atoms with van der Waals surface area (Å²) < 4.78 is 6.20. The van der Waals surface area contributed by atoms with E-state index in [1.165, 1.54) is 0 Å². The Labute approximate surface area is 116 Å². The number of rotatable bonds is 0. The fraction of sp³-hybridized carbons (Fsp3) is 0.500. The summed E-state index contributed by atoms with van der Waals surface area (Å²) in [4.78, 5) is 12.3. The number of thioether (sulfide) groups is 1. The summed E-state index contributed by atoms with van der Waals surface area (Å²) in [6.45, 7) is 2.16. The van der Waals surface area contributed by atoms with Crippen LogP contribution in [-0.2, 0) is 0 Å². The third-order valence-corrected chi connectivity index (χ3v) is 5.56. The molecule has 1 aromatic rings. The maximum absolute atomic E-state index is 12.3. The average molecular weight is 283 g/mol. The summed E-state index contributed by atoms with van der Waals surface area (Å²) in [7, 11) is 0. The lowest BCUT2D eigenvalue weighted by atomic mass is 9.84. The second kappa shape index (κ2) is 4.46. The van der Waals surface area contributed by atoms with Crippen LogP contribution < -0.4 is 4.74 Å². The number of carbonyl (C=O) groups is 1. The zero-order chi connectivity index (χ0) is 12.8. The van der Waals surface area contributed by atoms with Gasteiger partial charge < -0.3 is 4.74 Å². The number of ketones is 1. The number of hydrogen-bond acceptors (Lipinski definition) is 3. The Morgan fingerprint density at radius 3 is 3.11 bits per heavy atom. The monoisotopic (exact) mass is 282 g/mol. The molecule has 18 heavy (non-hydrogen) atoms. The Balaban J connectivity index is 2.00. The Kier molecular flexibility index (Phi) is 3.07. The lowest BCUT2D eigenvalue weighted by Crippen LogP contribution is -2.51. The minimum Gasteiger partial charge on any atom is -0.485 e. The van der Waals surface area contributed by atoms with E-state index in [1.807, 2.05) is 17.8 Å². The van der Waals surface area contributed by atoms with Gasteiger partial charge in [0.05, 0.1) is 12.0 Å². The van der Waals surface area contributed by atoms with Crippen molar-refractivity contribution in [1.29, 1.82) is 0 Å². The van der Waals surface area contributed by atoms with Gasteiger partial charge in [0.25, 0.3) is 0 Å². The first-order chi connectivity index (χ1) is 8.61. The van der Waals surface area contributed by atoms with E-state index in [0.29, 0.717) is 28.0 Å². The molecule has 2 atom stereocenters. The Bertz CT molecular complexity index is 503. The first-order valence-electron chi connectivity index (χ1n) is 6.24. The van der Waals surface area contributed by atoms with Crippen molar-refractivity contribution in [1.82, 2.24) is 0 Å². The van der Waals surface area contributed by atoms with Crippen molar-refractivity contribution in [3.05, 3.63) is 28.8 Å². The minimum absolute atomic E-state index is 0.160. The number of benzene rings is 1. The van der Waals surface area contributed by atoms with Gasteiger partial charge in [-0.3, -0.25) is 4.79 Å². The summed E-state index contributed by atoms with van der Waals surface area (Å²) in [5, 5.41) is 0.951. The summed E-state index contributed by atoms with van der Waals surface area (Å²) >= 11 is 7.84. The van der Waals surface area contributed by atoms with Crippen LogP contribution in [0.2, 0.25) is 5.02 Å². The molecule has 0 N–H and O–H groups in total. The SMILES string of the molecule is CC1SCCCC12CC(=O)c1cc(Cl)ccc1O2. The van der Waals surface area contributed by atoms with Gasteiger partial charge >= 0.3 is 0 Å². The van der Waals surface area contributed by atoms with E-state index in [0.717, 1.165) is 18.6 Å². The molecule has 0 radical (unpaired) electrons. The molecule has 2 nitrogen and oxygen atoms in total. The molecule has 3 rings (SSSR count). The van der Waals surface area contributed by atoms with Gasteiger partial charge in [-0.15, -0.1) is 0 Å². The fourth-order valence-electron chi connectivity index (χ4n) is 2.78. The molecule has 2 aliphatic rings. The van der Waals surface area contributed by atoms with Crippen LogP contribution in [0.3, 0.4) is 0 Å². The Hall–Kier alpha value is -0.670. The molecular formula is C14H15ClO2S. The predicted molar refractivity (Wildman–Crippen MR) is 74.9 cm³/mol. The van der Waals surface area contributed by atoms with Gasteiger partial charge in [-0.1, -0.05) is 11.6 Å². The van der Waals surface area contributed by atoms with E-state index in [1.54, 1.807) is 12.1 Å². The van der Waals surface area contributed by atoms with Gasteiger partial charge in [-0.25, -0.2) is 0 Å². The van der Waals surface area contributed by atoms with Gasteiger partial charge in [0.2, 0.25) is 0 Å². The van der Waals surface area contributed by atoms with Crippen LogP contribution in [0.25, 0.3) is 0 Å². The molecule has 0 bridgehead atoms. The quantitative estimate of drug-likeness (QED) is 0.720. The summed E-state index contributed by atoms with van der Waals surface area (Å²) in [5.41, 5.74) is 0.330. The van der Waals surface area contributed by atoms with Crippen molar-refractivity contribution >= 4 is 29.1 Å². The standard InChI is InChI=1S/C14H15ClO2S/c1-9-14(5-2-6-18-9)8-12(16)11-7-10(15)3-4-13(11)17-14/h3-4,7,9H,2,5-6,8H2,1H3. The highest BCUT2D eigenvalue weighted by atomic mass is 35.5. The van der Waals surface area contributed by atoms with Crippen molar-refractivity contribution in [2.75, 3.05) is 5.75 Å². The lowest BCUT2D eigenvalue weighted by Gasteiger charge is -2.44. The Morgan fingerprint density at radius 1 is 1.50 bits per heavy atom. The van der Waals surface area contributed by atoms with Gasteiger partial charge in [-0.2, -0.15) is 11.8 Å². The van der Waals surface area contributed by atoms with Gasteiger partial charge in [-0.05, 0) is 43.7 Å². The highest BCUT2D eigenvalue weighted by molar-refractivity contribution is 8.00. The maximum atomic E-state index is 12.3. The molecule has 96 valence electrons. The molecule has 0 aliphatic carbocycles. The van der Waals surface area contributed by atoms with Crippen LogP contribution in [0.4, 0.5) is 0 Å². The Morgan fingerprint density at radius 2 is 2.33 bits per heavy atom. The van der Waals surface area contributed by atoms with E-state index < -0.39 is 0 Å². The van der Waals surface area contributed by atoms with Crippen molar-refractivity contribution in [2.24, 2.45) is 0 Å². The zero-order valence-corrected chi connectivity index (χ0v) is 11.8. The highest BCUT2D eigenvalue weighted by Crippen LogP contribution is 2.45. The molecule has 1 saturated heterocycles. The minimum atomic E-state index is -0.305. The number of ether oxygens (including phenoxy) is 1. The lowest BCUT2D eigenvalue weighted by molar-refractivity contribution is 0.0329. The van der Waals surface area contributed by atoms with Crippen LogP contribution >= 0.6 is 23.4 Å². The second-order valence-corrected chi connectivity index (χ2v) is 6.91. The van der Waals surface area contributed by atoms with E-state index in [4.69, 9.17) is 16.3 Å². The third-order valence-electron chi connectivity index (χ3n) is 3.87. The maximum Gasteiger partial charge on any atom is 0.170 e. The molecule has 2 heterocycles. The zero-order valence-electron chi connectivity index (χ0n) is 10.2. The van der Waals surface area contributed by atoms with E-state index >= 15 is 0 Å². The molecule has 0 aromatic heterocycles. The highest BCUT2D eigenvalue weighted by Gasteiger charge is 2.46. The van der Waals surface area contributed by atoms with Crippen LogP contribution in [0, 0.1) is 0 Å². The number of Topliss-reactive ketones (excluding diaryl/α,β-unsaturated/α-hetero) is 1. The fourth-order valence-corrected chi connectivity index (χ4v) is 4.17. The topological polar surface area (TPSA) is 26.3 Å². The van der Waals surface area contributed by atoms with Crippen LogP contribution in [-0.4, -0.2) is 22.4 Å². The molecule has 2 aliphatic heterocycles. The van der Waals surface area contributed by atoms with E-state index in [9.17, 15) is 4.79 Å². The molecule has 2 unspecified atom stereocenters. The van der Waals surface area contributed by atoms with Crippen molar-refractivity contribution in [3.63, 3.8) is 0 Å². The van der Waals surface area contributed by atoms with E-state index in [-0.39, 0.29) is 11.4 Å². The van der Waals surface area contributed by atoms with E-state index in [2.05, 4.69) is 6.92 Å². The summed E-state index contributed by atoms with van der Waals surface area (Å²) in [5.74, 6) is 2.02. The molecule has 0 saturated carbocycles. The van der Waals surface area contributed by atoms with Crippen LogP contribution in [0.1, 0.15) is 36.5 Å². The van der Waals surface area contributed by atoms with Gasteiger partial charge in [0.15, 0.2) is 5.78 Å². The normalized spacial score (nSPS) is 31.0. The molecule has 1 spiro atoms. The van der Waals surface area contributed by atoms with Crippen molar-refractivity contribution in [2.45, 2.75) is 37.0 Å². The number of hydrogen-bond donors (Lipinski definition) is 0. The molecule has 1 fully saturated rings. The van der Waals surface area contributed by atoms with Crippen LogP contribution in [0.5, 0.6) is 5.75 Å². The first-order valence-corrected chi connectivity index (χ1v) is 7.67. The molecule has 1 aromatic carbocycles. The smallest absolute Gasteiger partial charge is 0.170 e. The molecule has 0 amide bonds. The number of carbonyl (C=O) groups excluding carboxylic acids is 1. The first kappa shape index (κ1) is 12.4. The molecule has 4 heteroatoms. The number of fused-ring (bicyclic) bond motifs is 1. The van der Waals surface area contributed by atoms with Gasteiger partial charge in [0, 0.05) is 10.3 Å². The summed E-state index contributed by atoms with van der Waals surface area (Å²) in [6, 6.07) is 5.32.